The van der Waals surface area contributed by atoms with Gasteiger partial charge in [0.15, 0.2) is 0 Å². The average molecular weight is 342 g/mol. The lowest BCUT2D eigenvalue weighted by Gasteiger charge is -2.43. The maximum Gasteiger partial charge on any atom is 0.320 e. The summed E-state index contributed by atoms with van der Waals surface area (Å²) in [5, 5.41) is 0. The lowest BCUT2D eigenvalue weighted by atomic mass is 9.86. The summed E-state index contributed by atoms with van der Waals surface area (Å²) in [6.07, 6.45) is 3.75. The number of urea groups is 1. The average Bonchev–Trinajstić information content (AvgIpc) is 2.68. The van der Waals surface area contributed by atoms with Crippen LogP contribution in [0.15, 0.2) is 24.3 Å². The van der Waals surface area contributed by atoms with Crippen LogP contribution in [0.2, 0.25) is 0 Å². The van der Waals surface area contributed by atoms with Crippen molar-refractivity contribution in [2.75, 3.05) is 59.4 Å². The van der Waals surface area contributed by atoms with Crippen LogP contribution in [0.3, 0.4) is 0 Å². The van der Waals surface area contributed by atoms with Crippen LogP contribution < -0.4 is 0 Å². The Hall–Kier alpha value is -1.59. The van der Waals surface area contributed by atoms with E-state index >= 15 is 0 Å². The Labute approximate surface area is 151 Å². The minimum absolute atomic E-state index is 0.247. The molecule has 3 aliphatic rings. The Kier molecular flexibility index (Phi) is 4.95. The molecule has 1 aromatic rings. The summed E-state index contributed by atoms with van der Waals surface area (Å²) in [6, 6.07) is 9.72. The largest absolute Gasteiger partial charge is 0.322 e. The molecule has 2 amide bonds. The zero-order chi connectivity index (χ0) is 17.2. The van der Waals surface area contributed by atoms with Gasteiger partial charge in [0.05, 0.1) is 0 Å². The second-order valence-corrected chi connectivity index (χ2v) is 7.70. The molecule has 1 atom stereocenters. The molecule has 136 valence electrons. The fraction of sp³-hybridized carbons (Fsp3) is 0.650. The maximum atomic E-state index is 12.8. The standard InChI is InChI=1S/C20H30N4O/c1-21-9-11-23(12-10-21)20(25)24-15-13-22(14-16-24)19-8-4-6-17-5-2-3-7-18(17)19/h2-3,5,7,19H,4,6,8-16H2,1H3. The molecule has 4 rings (SSSR count). The van der Waals surface area contributed by atoms with E-state index < -0.39 is 0 Å². The summed E-state index contributed by atoms with van der Waals surface area (Å²) >= 11 is 0. The van der Waals surface area contributed by atoms with E-state index in [9.17, 15) is 4.79 Å². The first-order valence-electron chi connectivity index (χ1n) is 9.76. The lowest BCUT2D eigenvalue weighted by Crippen LogP contribution is -2.56. The molecule has 0 radical (unpaired) electrons. The minimum atomic E-state index is 0.247. The molecule has 0 N–H and O–H groups in total. The van der Waals surface area contributed by atoms with Gasteiger partial charge in [0, 0.05) is 58.4 Å². The highest BCUT2D eigenvalue weighted by Gasteiger charge is 2.31. The van der Waals surface area contributed by atoms with Crippen LogP contribution >= 0.6 is 0 Å². The van der Waals surface area contributed by atoms with Crippen LogP contribution in [0.5, 0.6) is 0 Å². The fourth-order valence-electron chi connectivity index (χ4n) is 4.53. The zero-order valence-corrected chi connectivity index (χ0v) is 15.4. The van der Waals surface area contributed by atoms with Crippen LogP contribution in [-0.4, -0.2) is 85.0 Å². The number of carbonyl (C=O) groups excluding carboxylic acids is 1. The van der Waals surface area contributed by atoms with E-state index in [1.807, 2.05) is 4.90 Å². The Balaban J connectivity index is 1.35. The first kappa shape index (κ1) is 16.9. The van der Waals surface area contributed by atoms with Gasteiger partial charge in [-0.25, -0.2) is 4.79 Å². The van der Waals surface area contributed by atoms with Crippen LogP contribution in [0.1, 0.15) is 30.0 Å². The smallest absolute Gasteiger partial charge is 0.320 e. The molecule has 1 unspecified atom stereocenters. The first-order valence-corrected chi connectivity index (χ1v) is 9.76. The van der Waals surface area contributed by atoms with E-state index in [0.717, 1.165) is 52.4 Å². The Bertz CT molecular complexity index is 603. The van der Waals surface area contributed by atoms with E-state index in [1.54, 1.807) is 0 Å². The third-order valence-corrected chi connectivity index (χ3v) is 6.14. The molecule has 2 saturated heterocycles. The van der Waals surface area contributed by atoms with Gasteiger partial charge in [-0.1, -0.05) is 24.3 Å². The van der Waals surface area contributed by atoms with Gasteiger partial charge in [0.1, 0.15) is 0 Å². The van der Waals surface area contributed by atoms with Crippen LogP contribution in [0.4, 0.5) is 4.79 Å². The fourth-order valence-corrected chi connectivity index (χ4v) is 4.53. The van der Waals surface area contributed by atoms with Crippen molar-refractivity contribution in [1.82, 2.24) is 19.6 Å². The normalized spacial score (nSPS) is 25.7. The molecule has 2 fully saturated rings. The molecular formula is C20H30N4O. The number of hydrogen-bond acceptors (Lipinski definition) is 3. The topological polar surface area (TPSA) is 30.0 Å². The number of nitrogens with zero attached hydrogens (tertiary/aromatic N) is 4. The number of carbonyl (C=O) groups is 1. The molecule has 5 nitrogen and oxygen atoms in total. The number of piperazine rings is 2. The van der Waals surface area contributed by atoms with E-state index in [4.69, 9.17) is 0 Å². The quantitative estimate of drug-likeness (QED) is 0.782. The highest BCUT2D eigenvalue weighted by Crippen LogP contribution is 2.34. The summed E-state index contributed by atoms with van der Waals surface area (Å²) in [6.45, 7) is 7.44. The number of fused-ring (bicyclic) bond motifs is 1. The van der Waals surface area contributed by atoms with Gasteiger partial charge >= 0.3 is 6.03 Å². The Morgan fingerprint density at radius 2 is 1.56 bits per heavy atom. The van der Waals surface area contributed by atoms with Crippen molar-refractivity contribution >= 4 is 6.03 Å². The van der Waals surface area contributed by atoms with Crippen LogP contribution in [0, 0.1) is 0 Å². The molecule has 0 bridgehead atoms. The number of hydrogen-bond donors (Lipinski definition) is 0. The highest BCUT2D eigenvalue weighted by molar-refractivity contribution is 5.74. The van der Waals surface area contributed by atoms with Gasteiger partial charge in [-0.2, -0.15) is 0 Å². The molecule has 1 aliphatic carbocycles. The molecule has 5 heteroatoms. The number of rotatable bonds is 1. The number of aryl methyl sites for hydroxylation is 1. The molecular weight excluding hydrogens is 312 g/mol. The zero-order valence-electron chi connectivity index (χ0n) is 15.4. The Morgan fingerprint density at radius 3 is 2.28 bits per heavy atom. The van der Waals surface area contributed by atoms with Gasteiger partial charge in [-0.15, -0.1) is 0 Å². The summed E-state index contributed by atoms with van der Waals surface area (Å²) in [4.78, 5) is 21.8. The third-order valence-electron chi connectivity index (χ3n) is 6.14. The summed E-state index contributed by atoms with van der Waals surface area (Å²) < 4.78 is 0. The number of benzene rings is 1. The van der Waals surface area contributed by atoms with Crippen molar-refractivity contribution in [3.05, 3.63) is 35.4 Å². The van der Waals surface area contributed by atoms with E-state index in [2.05, 4.69) is 46.0 Å². The van der Waals surface area contributed by atoms with Crippen molar-refractivity contribution in [3.8, 4) is 0 Å². The van der Waals surface area contributed by atoms with Gasteiger partial charge in [0.25, 0.3) is 0 Å². The number of likely N-dealkylation sites (N-methyl/N-ethyl adjacent to an activating group) is 1. The first-order chi connectivity index (χ1) is 12.2. The molecule has 25 heavy (non-hydrogen) atoms. The van der Waals surface area contributed by atoms with Crippen molar-refractivity contribution in [1.29, 1.82) is 0 Å². The van der Waals surface area contributed by atoms with Crippen molar-refractivity contribution in [3.63, 3.8) is 0 Å². The molecule has 2 heterocycles. The van der Waals surface area contributed by atoms with Gasteiger partial charge in [0.2, 0.25) is 0 Å². The van der Waals surface area contributed by atoms with Crippen molar-refractivity contribution in [2.24, 2.45) is 0 Å². The summed E-state index contributed by atoms with van der Waals surface area (Å²) in [5.74, 6) is 0. The van der Waals surface area contributed by atoms with Crippen LogP contribution in [-0.2, 0) is 6.42 Å². The monoisotopic (exact) mass is 342 g/mol. The SMILES string of the molecule is CN1CCN(C(=O)N2CCN(C3CCCc4ccccc43)CC2)CC1. The third kappa shape index (κ3) is 3.53. The summed E-state index contributed by atoms with van der Waals surface area (Å²) in [5.41, 5.74) is 3.04. The summed E-state index contributed by atoms with van der Waals surface area (Å²) in [7, 11) is 2.13. The molecule has 0 saturated carbocycles. The Morgan fingerprint density at radius 1 is 0.920 bits per heavy atom. The second-order valence-electron chi connectivity index (χ2n) is 7.70. The van der Waals surface area contributed by atoms with Crippen molar-refractivity contribution < 1.29 is 4.79 Å². The van der Waals surface area contributed by atoms with Gasteiger partial charge in [-0.3, -0.25) is 4.90 Å². The molecule has 2 aliphatic heterocycles. The van der Waals surface area contributed by atoms with Gasteiger partial charge in [-0.05, 0) is 37.4 Å². The maximum absolute atomic E-state index is 12.8. The van der Waals surface area contributed by atoms with Crippen molar-refractivity contribution in [2.45, 2.75) is 25.3 Å². The van der Waals surface area contributed by atoms with E-state index in [1.165, 1.54) is 30.4 Å². The lowest BCUT2D eigenvalue weighted by molar-refractivity contribution is 0.0757. The van der Waals surface area contributed by atoms with E-state index in [-0.39, 0.29) is 6.03 Å². The molecule has 0 spiro atoms. The van der Waals surface area contributed by atoms with E-state index in [0.29, 0.717) is 6.04 Å². The molecule has 0 aromatic heterocycles. The predicted molar refractivity (Wildman–Crippen MR) is 99.7 cm³/mol. The van der Waals surface area contributed by atoms with Gasteiger partial charge < -0.3 is 14.7 Å². The molecule has 1 aromatic carbocycles. The van der Waals surface area contributed by atoms with Crippen LogP contribution in [0.25, 0.3) is 0 Å². The highest BCUT2D eigenvalue weighted by atomic mass is 16.2. The second kappa shape index (κ2) is 7.34. The predicted octanol–water partition coefficient (Wildman–Crippen LogP) is 2.05. The minimum Gasteiger partial charge on any atom is -0.322 e. The number of amides is 2.